The zero-order valence-electron chi connectivity index (χ0n) is 10.6. The molecule has 0 saturated carbocycles. The van der Waals surface area contributed by atoms with Crippen molar-refractivity contribution >= 4 is 11.6 Å². The lowest BCUT2D eigenvalue weighted by Gasteiger charge is -2.23. The number of carbonyl (C=O) groups is 1. The second kappa shape index (κ2) is 5.27. The molecule has 1 atom stereocenters. The van der Waals surface area contributed by atoms with Gasteiger partial charge in [0, 0.05) is 17.8 Å². The molecule has 98 valence electrons. The lowest BCUT2D eigenvalue weighted by molar-refractivity contribution is -0.122. The van der Waals surface area contributed by atoms with Crippen molar-refractivity contribution in [2.45, 2.75) is 25.4 Å². The minimum Gasteiger partial charge on any atom is -0.496 e. The maximum Gasteiger partial charge on any atom is 0.234 e. The van der Waals surface area contributed by atoms with Gasteiger partial charge >= 0.3 is 0 Å². The van der Waals surface area contributed by atoms with Gasteiger partial charge in [0.1, 0.15) is 5.75 Å². The van der Waals surface area contributed by atoms with Crippen LogP contribution in [-0.2, 0) is 11.3 Å². The van der Waals surface area contributed by atoms with Crippen LogP contribution >= 0.6 is 0 Å². The van der Waals surface area contributed by atoms with E-state index in [1.165, 1.54) is 0 Å². The molecule has 1 saturated heterocycles. The third kappa shape index (κ3) is 2.56. The molecule has 1 amide bonds. The molecule has 5 nitrogen and oxygen atoms in total. The highest BCUT2D eigenvalue weighted by Gasteiger charge is 2.29. The van der Waals surface area contributed by atoms with Crippen molar-refractivity contribution < 1.29 is 9.53 Å². The summed E-state index contributed by atoms with van der Waals surface area (Å²) in [5.74, 6) is 0.537. The van der Waals surface area contributed by atoms with Crippen molar-refractivity contribution in [3.05, 3.63) is 23.8 Å². The van der Waals surface area contributed by atoms with Gasteiger partial charge in [-0.2, -0.15) is 0 Å². The number of methoxy groups -OCH3 is 1. The second-order valence-corrected chi connectivity index (χ2v) is 4.60. The van der Waals surface area contributed by atoms with Gasteiger partial charge in [-0.25, -0.2) is 0 Å². The first-order valence-electron chi connectivity index (χ1n) is 6.07. The van der Waals surface area contributed by atoms with E-state index in [1.807, 2.05) is 12.1 Å². The zero-order valence-corrected chi connectivity index (χ0v) is 10.6. The molecular weight excluding hydrogens is 230 g/mol. The van der Waals surface area contributed by atoms with Gasteiger partial charge in [-0.3, -0.25) is 9.69 Å². The Labute approximate surface area is 107 Å². The number of nitrogens with zero attached hydrogens (tertiary/aromatic N) is 1. The summed E-state index contributed by atoms with van der Waals surface area (Å²) in [4.78, 5) is 13.4. The summed E-state index contributed by atoms with van der Waals surface area (Å²) >= 11 is 0. The Hall–Kier alpha value is -1.75. The van der Waals surface area contributed by atoms with Crippen LogP contribution in [0.1, 0.15) is 18.4 Å². The van der Waals surface area contributed by atoms with E-state index in [-0.39, 0.29) is 11.9 Å². The fraction of sp³-hybridized carbons (Fsp3) is 0.462. The molecule has 1 aromatic carbocycles. The molecule has 0 radical (unpaired) electrons. The smallest absolute Gasteiger partial charge is 0.234 e. The number of carbonyl (C=O) groups excluding carboxylic acids is 1. The SMILES string of the molecule is COc1ccc(N)cc1CN1CCCC1C(N)=O. The van der Waals surface area contributed by atoms with Gasteiger partial charge in [0.2, 0.25) is 5.91 Å². The largest absolute Gasteiger partial charge is 0.496 e. The van der Waals surface area contributed by atoms with E-state index in [2.05, 4.69) is 4.90 Å². The number of nitrogens with two attached hydrogens (primary N) is 2. The quantitative estimate of drug-likeness (QED) is 0.771. The van der Waals surface area contributed by atoms with E-state index in [9.17, 15) is 4.79 Å². The number of likely N-dealkylation sites (tertiary alicyclic amines) is 1. The van der Waals surface area contributed by atoms with Gasteiger partial charge in [-0.1, -0.05) is 0 Å². The van der Waals surface area contributed by atoms with Crippen LogP contribution in [0.5, 0.6) is 5.75 Å². The van der Waals surface area contributed by atoms with Crippen LogP contribution in [0.25, 0.3) is 0 Å². The van der Waals surface area contributed by atoms with Crippen LogP contribution in [-0.4, -0.2) is 30.5 Å². The Balaban J connectivity index is 2.18. The van der Waals surface area contributed by atoms with Crippen molar-refractivity contribution in [1.29, 1.82) is 0 Å². The van der Waals surface area contributed by atoms with Gasteiger partial charge < -0.3 is 16.2 Å². The summed E-state index contributed by atoms with van der Waals surface area (Å²) in [7, 11) is 1.63. The number of ether oxygens (including phenoxy) is 1. The minimum atomic E-state index is -0.254. The third-order valence-corrected chi connectivity index (χ3v) is 3.37. The standard InChI is InChI=1S/C13H19N3O2/c1-18-12-5-4-10(14)7-9(12)8-16-6-2-3-11(16)13(15)17/h4-5,7,11H,2-3,6,8,14H2,1H3,(H2,15,17). The monoisotopic (exact) mass is 249 g/mol. The number of primary amides is 1. The highest BCUT2D eigenvalue weighted by Crippen LogP contribution is 2.26. The summed E-state index contributed by atoms with van der Waals surface area (Å²) in [6, 6.07) is 5.36. The number of nitrogen functional groups attached to an aromatic ring is 1. The van der Waals surface area contributed by atoms with Crippen LogP contribution in [0.15, 0.2) is 18.2 Å². The lowest BCUT2D eigenvalue weighted by atomic mass is 10.1. The maximum absolute atomic E-state index is 11.3. The van der Waals surface area contributed by atoms with Crippen LogP contribution in [0, 0.1) is 0 Å². The summed E-state index contributed by atoms with van der Waals surface area (Å²) in [6.07, 6.45) is 1.83. The second-order valence-electron chi connectivity index (χ2n) is 4.60. The molecule has 0 bridgehead atoms. The van der Waals surface area contributed by atoms with Gasteiger partial charge in [0.25, 0.3) is 0 Å². The molecule has 1 heterocycles. The molecule has 2 rings (SSSR count). The van der Waals surface area contributed by atoms with Crippen molar-refractivity contribution in [3.8, 4) is 5.75 Å². The third-order valence-electron chi connectivity index (χ3n) is 3.37. The fourth-order valence-corrected chi connectivity index (χ4v) is 2.48. The van der Waals surface area contributed by atoms with E-state index < -0.39 is 0 Å². The Kier molecular flexibility index (Phi) is 3.72. The van der Waals surface area contributed by atoms with Crippen molar-refractivity contribution in [2.75, 3.05) is 19.4 Å². The van der Waals surface area contributed by atoms with E-state index in [0.29, 0.717) is 12.2 Å². The summed E-state index contributed by atoms with van der Waals surface area (Å²) in [5.41, 5.74) is 12.9. The number of hydrogen-bond donors (Lipinski definition) is 2. The summed E-state index contributed by atoms with van der Waals surface area (Å²) < 4.78 is 5.31. The highest BCUT2D eigenvalue weighted by atomic mass is 16.5. The van der Waals surface area contributed by atoms with Gasteiger partial charge in [-0.15, -0.1) is 0 Å². The summed E-state index contributed by atoms with van der Waals surface area (Å²) in [5, 5.41) is 0. The molecule has 0 aromatic heterocycles. The van der Waals surface area contributed by atoms with Gasteiger partial charge in [0.05, 0.1) is 13.2 Å². The number of anilines is 1. The van der Waals surface area contributed by atoms with Crippen LogP contribution in [0.2, 0.25) is 0 Å². The Morgan fingerprint density at radius 2 is 2.33 bits per heavy atom. The van der Waals surface area contributed by atoms with Crippen LogP contribution < -0.4 is 16.2 Å². The minimum absolute atomic E-state index is 0.170. The number of hydrogen-bond acceptors (Lipinski definition) is 4. The van der Waals surface area contributed by atoms with E-state index in [1.54, 1.807) is 13.2 Å². The van der Waals surface area contributed by atoms with Crippen molar-refractivity contribution in [2.24, 2.45) is 5.73 Å². The molecular formula is C13H19N3O2. The van der Waals surface area contributed by atoms with E-state index in [0.717, 1.165) is 30.7 Å². The lowest BCUT2D eigenvalue weighted by Crippen LogP contribution is -2.39. The fourth-order valence-electron chi connectivity index (χ4n) is 2.48. The molecule has 1 fully saturated rings. The van der Waals surface area contributed by atoms with Crippen LogP contribution in [0.3, 0.4) is 0 Å². The molecule has 1 aliphatic rings. The number of benzene rings is 1. The Morgan fingerprint density at radius 3 is 3.00 bits per heavy atom. The molecule has 1 unspecified atom stereocenters. The zero-order chi connectivity index (χ0) is 13.1. The molecule has 5 heteroatoms. The first-order chi connectivity index (χ1) is 8.61. The molecule has 4 N–H and O–H groups in total. The molecule has 1 aliphatic heterocycles. The molecule has 0 spiro atoms. The van der Waals surface area contributed by atoms with Crippen molar-refractivity contribution in [3.63, 3.8) is 0 Å². The predicted molar refractivity (Wildman–Crippen MR) is 70.0 cm³/mol. The number of rotatable bonds is 4. The van der Waals surface area contributed by atoms with Gasteiger partial charge in [-0.05, 0) is 37.6 Å². The highest BCUT2D eigenvalue weighted by molar-refractivity contribution is 5.80. The van der Waals surface area contributed by atoms with Crippen LogP contribution in [0.4, 0.5) is 5.69 Å². The molecule has 18 heavy (non-hydrogen) atoms. The molecule has 0 aliphatic carbocycles. The maximum atomic E-state index is 11.3. The Morgan fingerprint density at radius 1 is 1.56 bits per heavy atom. The first kappa shape index (κ1) is 12.7. The first-order valence-corrected chi connectivity index (χ1v) is 6.07. The van der Waals surface area contributed by atoms with Gasteiger partial charge in [0.15, 0.2) is 0 Å². The average molecular weight is 249 g/mol. The number of amides is 1. The molecule has 1 aromatic rings. The topological polar surface area (TPSA) is 81.6 Å². The van der Waals surface area contributed by atoms with E-state index in [4.69, 9.17) is 16.2 Å². The summed E-state index contributed by atoms with van der Waals surface area (Å²) in [6.45, 7) is 1.52. The van der Waals surface area contributed by atoms with Crippen molar-refractivity contribution in [1.82, 2.24) is 4.90 Å². The Bertz CT molecular complexity index is 448. The van der Waals surface area contributed by atoms with E-state index >= 15 is 0 Å². The normalized spacial score (nSPS) is 19.9. The predicted octanol–water partition coefficient (Wildman–Crippen LogP) is 0.727. The average Bonchev–Trinajstić information content (AvgIpc) is 2.77.